The number of carbonyl (C=O) groups excluding carboxylic acids is 2. The summed E-state index contributed by atoms with van der Waals surface area (Å²) in [5.41, 5.74) is 3.78. The third kappa shape index (κ3) is 3.57. The minimum Gasteiger partial charge on any atom is -0.401 e. The average Bonchev–Trinajstić information content (AvgIpc) is 3.21. The van der Waals surface area contributed by atoms with Crippen LogP contribution in [-0.2, 0) is 0 Å². The Balaban J connectivity index is 1.70. The molecule has 0 spiro atoms. The summed E-state index contributed by atoms with van der Waals surface area (Å²) in [6.45, 7) is 0. The smallest absolute Gasteiger partial charge is 0.401 e. The highest BCUT2D eigenvalue weighted by Crippen LogP contribution is 2.33. The number of fused-ring (bicyclic) bond motifs is 1. The van der Waals surface area contributed by atoms with Crippen molar-refractivity contribution in [3.05, 3.63) is 92.1 Å². The van der Waals surface area contributed by atoms with E-state index < -0.39 is 28.8 Å². The van der Waals surface area contributed by atoms with Crippen molar-refractivity contribution in [3.8, 4) is 0 Å². The van der Waals surface area contributed by atoms with E-state index in [0.717, 1.165) is 9.48 Å². The lowest BCUT2D eigenvalue weighted by atomic mass is 10.1. The van der Waals surface area contributed by atoms with Crippen molar-refractivity contribution in [3.63, 3.8) is 0 Å². The molecule has 146 valence electrons. The third-order valence-electron chi connectivity index (χ3n) is 4.32. The number of nitrogens with zero attached hydrogens (tertiary/aromatic N) is 2. The van der Waals surface area contributed by atoms with Crippen LogP contribution in [0.5, 0.6) is 0 Å². The summed E-state index contributed by atoms with van der Waals surface area (Å²) in [4.78, 5) is 36.0. The van der Waals surface area contributed by atoms with Gasteiger partial charge in [0.25, 0.3) is 11.8 Å². The largest absolute Gasteiger partial charge is 0.433 e. The monoisotopic (exact) mass is 456 g/mol. The molecule has 1 atom stereocenters. The van der Waals surface area contributed by atoms with Gasteiger partial charge >= 0.3 is 5.88 Å². The number of nitro groups is 1. The minimum atomic E-state index is -0.967. The minimum absolute atomic E-state index is 0.107. The van der Waals surface area contributed by atoms with Crippen molar-refractivity contribution in [1.82, 2.24) is 10.4 Å². The summed E-state index contributed by atoms with van der Waals surface area (Å²) in [5, 5.41) is 15.1. The Labute approximate surface area is 172 Å². The SMILES string of the molecule is O=C(NN1C(=O)c2ccccc2N[C@H]1c1ccc([N+](=O)[O-])o1)c1ccc(Br)cc1. The predicted octanol–water partition coefficient (Wildman–Crippen LogP) is 3.86. The van der Waals surface area contributed by atoms with E-state index in [0.29, 0.717) is 16.8 Å². The molecule has 0 unspecified atom stereocenters. The maximum Gasteiger partial charge on any atom is 0.433 e. The first kappa shape index (κ1) is 18.7. The second-order valence-corrected chi connectivity index (χ2v) is 7.06. The van der Waals surface area contributed by atoms with Crippen molar-refractivity contribution in [2.75, 3.05) is 5.32 Å². The molecule has 2 aromatic carbocycles. The van der Waals surface area contributed by atoms with Crippen LogP contribution in [0.15, 0.2) is 69.6 Å². The predicted molar refractivity (Wildman–Crippen MR) is 106 cm³/mol. The molecule has 2 heterocycles. The van der Waals surface area contributed by atoms with Crippen LogP contribution in [0, 0.1) is 10.1 Å². The Morgan fingerprint density at radius 1 is 1.14 bits per heavy atom. The van der Waals surface area contributed by atoms with E-state index in [2.05, 4.69) is 26.7 Å². The van der Waals surface area contributed by atoms with Gasteiger partial charge in [0, 0.05) is 15.7 Å². The van der Waals surface area contributed by atoms with E-state index in [1.165, 1.54) is 12.1 Å². The van der Waals surface area contributed by atoms with Crippen molar-refractivity contribution < 1.29 is 18.9 Å². The number of carbonyl (C=O) groups is 2. The van der Waals surface area contributed by atoms with Gasteiger partial charge in [0.2, 0.25) is 0 Å². The van der Waals surface area contributed by atoms with E-state index in [1.807, 2.05) is 0 Å². The number of amides is 2. The lowest BCUT2D eigenvalue weighted by Crippen LogP contribution is -2.52. The maximum absolute atomic E-state index is 13.1. The molecule has 1 aliphatic rings. The van der Waals surface area contributed by atoms with Gasteiger partial charge in [0.1, 0.15) is 4.92 Å². The molecule has 0 aliphatic carbocycles. The fraction of sp³-hybridized carbons (Fsp3) is 0.0526. The van der Waals surface area contributed by atoms with Gasteiger partial charge in [-0.1, -0.05) is 28.1 Å². The summed E-state index contributed by atoms with van der Waals surface area (Å²) in [6, 6.07) is 15.9. The van der Waals surface area contributed by atoms with E-state index in [4.69, 9.17) is 4.42 Å². The zero-order chi connectivity index (χ0) is 20.5. The fourth-order valence-electron chi connectivity index (χ4n) is 2.93. The van der Waals surface area contributed by atoms with Crippen molar-refractivity contribution in [2.24, 2.45) is 0 Å². The molecule has 2 amide bonds. The molecular weight excluding hydrogens is 444 g/mol. The van der Waals surface area contributed by atoms with E-state index in [9.17, 15) is 19.7 Å². The number of hydrogen-bond acceptors (Lipinski definition) is 6. The second-order valence-electron chi connectivity index (χ2n) is 6.15. The Bertz CT molecular complexity index is 1110. The number of hydrazine groups is 1. The molecule has 0 saturated heterocycles. The summed E-state index contributed by atoms with van der Waals surface area (Å²) in [6.07, 6.45) is -0.967. The van der Waals surface area contributed by atoms with Gasteiger partial charge in [-0.3, -0.25) is 25.1 Å². The van der Waals surface area contributed by atoms with Gasteiger partial charge < -0.3 is 9.73 Å². The van der Waals surface area contributed by atoms with Crippen LogP contribution in [0.3, 0.4) is 0 Å². The van der Waals surface area contributed by atoms with Gasteiger partial charge in [0.05, 0.1) is 11.6 Å². The molecule has 3 aromatic rings. The van der Waals surface area contributed by atoms with Crippen molar-refractivity contribution in [1.29, 1.82) is 0 Å². The summed E-state index contributed by atoms with van der Waals surface area (Å²) >= 11 is 3.30. The summed E-state index contributed by atoms with van der Waals surface area (Å²) in [7, 11) is 0. The topological polar surface area (TPSA) is 118 Å². The van der Waals surface area contributed by atoms with E-state index in [1.54, 1.807) is 48.5 Å². The first-order valence-electron chi connectivity index (χ1n) is 8.44. The Morgan fingerprint density at radius 2 is 1.86 bits per heavy atom. The molecule has 0 saturated carbocycles. The highest BCUT2D eigenvalue weighted by Gasteiger charge is 2.37. The molecule has 1 aliphatic heterocycles. The normalized spacial score (nSPS) is 15.4. The Hall–Kier alpha value is -3.66. The molecule has 0 bridgehead atoms. The van der Waals surface area contributed by atoms with Gasteiger partial charge in [-0.05, 0) is 42.5 Å². The number of rotatable bonds is 4. The van der Waals surface area contributed by atoms with Crippen LogP contribution in [0.1, 0.15) is 32.6 Å². The van der Waals surface area contributed by atoms with Crippen LogP contribution in [0.2, 0.25) is 0 Å². The molecule has 29 heavy (non-hydrogen) atoms. The summed E-state index contributed by atoms with van der Waals surface area (Å²) in [5.74, 6) is -1.35. The van der Waals surface area contributed by atoms with E-state index in [-0.39, 0.29) is 5.76 Å². The number of furan rings is 1. The quantitative estimate of drug-likeness (QED) is 0.454. The molecule has 1 aromatic heterocycles. The highest BCUT2D eigenvalue weighted by atomic mass is 79.9. The lowest BCUT2D eigenvalue weighted by Gasteiger charge is -2.36. The number of para-hydroxylation sites is 1. The van der Waals surface area contributed by atoms with Crippen LogP contribution in [0.4, 0.5) is 11.6 Å². The standard InChI is InChI=1S/C19H13BrN4O5/c20-12-7-5-11(6-8-12)18(25)22-23-17(15-9-10-16(29-15)24(27)28)21-14-4-2-1-3-13(14)19(23)26/h1-10,17,21H,(H,22,25)/t17-/m1/s1. The number of benzene rings is 2. The second kappa shape index (κ2) is 7.40. The average molecular weight is 457 g/mol. The first-order chi connectivity index (χ1) is 13.9. The molecule has 0 radical (unpaired) electrons. The van der Waals surface area contributed by atoms with Crippen molar-refractivity contribution >= 4 is 39.3 Å². The van der Waals surface area contributed by atoms with Gasteiger partial charge in [-0.15, -0.1) is 0 Å². The number of hydrogen-bond donors (Lipinski definition) is 2. The maximum atomic E-state index is 13.1. The Kier molecular flexibility index (Phi) is 4.77. The fourth-order valence-corrected chi connectivity index (χ4v) is 3.19. The van der Waals surface area contributed by atoms with Crippen LogP contribution in [-0.4, -0.2) is 21.7 Å². The molecule has 0 fully saturated rings. The highest BCUT2D eigenvalue weighted by molar-refractivity contribution is 9.10. The lowest BCUT2D eigenvalue weighted by molar-refractivity contribution is -0.402. The number of nitrogens with one attached hydrogen (secondary N) is 2. The van der Waals surface area contributed by atoms with Gasteiger partial charge in [-0.25, -0.2) is 5.01 Å². The Morgan fingerprint density at radius 3 is 2.55 bits per heavy atom. The molecule has 10 heteroatoms. The van der Waals surface area contributed by atoms with Gasteiger partial charge in [0.15, 0.2) is 11.9 Å². The molecule has 2 N–H and O–H groups in total. The number of anilines is 1. The van der Waals surface area contributed by atoms with Crippen LogP contribution < -0.4 is 10.7 Å². The zero-order valence-electron chi connectivity index (χ0n) is 14.7. The first-order valence-corrected chi connectivity index (χ1v) is 9.23. The van der Waals surface area contributed by atoms with Crippen LogP contribution >= 0.6 is 15.9 Å². The van der Waals surface area contributed by atoms with Crippen LogP contribution in [0.25, 0.3) is 0 Å². The number of halogens is 1. The van der Waals surface area contributed by atoms with E-state index >= 15 is 0 Å². The zero-order valence-corrected chi connectivity index (χ0v) is 16.3. The van der Waals surface area contributed by atoms with Gasteiger partial charge in [-0.2, -0.15) is 0 Å². The molecule has 9 nitrogen and oxygen atoms in total. The summed E-state index contributed by atoms with van der Waals surface area (Å²) < 4.78 is 6.07. The molecular formula is C19H13BrN4O5. The molecule has 4 rings (SSSR count). The van der Waals surface area contributed by atoms with Crippen molar-refractivity contribution in [2.45, 2.75) is 6.17 Å². The third-order valence-corrected chi connectivity index (χ3v) is 4.85.